The van der Waals surface area contributed by atoms with E-state index in [2.05, 4.69) is 62.7 Å². The summed E-state index contributed by atoms with van der Waals surface area (Å²) in [5.74, 6) is 0. The van der Waals surface area contributed by atoms with Crippen LogP contribution in [0.5, 0.6) is 0 Å². The van der Waals surface area contributed by atoms with E-state index < -0.39 is 0 Å². The number of carbonyl (C=O) groups excluding carboxylic acids is 2. The van der Waals surface area contributed by atoms with Crippen molar-refractivity contribution in [3.8, 4) is 22.5 Å². The van der Waals surface area contributed by atoms with E-state index in [-0.39, 0.29) is 36.2 Å². The Morgan fingerprint density at radius 1 is 0.684 bits per heavy atom. The van der Waals surface area contributed by atoms with Crippen LogP contribution in [0.15, 0.2) is 85.2 Å². The van der Waals surface area contributed by atoms with Crippen molar-refractivity contribution in [2.45, 2.75) is 43.2 Å². The minimum Gasteiger partial charge on any atom is -0.447 e. The molecule has 6 aromatic rings. The van der Waals surface area contributed by atoms with E-state index in [4.69, 9.17) is 29.1 Å². The van der Waals surface area contributed by atoms with Gasteiger partial charge in [-0.2, -0.15) is 10.2 Å². The number of benzene rings is 2. The number of pyridine rings is 2. The van der Waals surface area contributed by atoms with Crippen LogP contribution in [0.25, 0.3) is 44.3 Å². The van der Waals surface area contributed by atoms with Crippen molar-refractivity contribution in [1.82, 2.24) is 39.3 Å². The van der Waals surface area contributed by atoms with Gasteiger partial charge in [-0.1, -0.05) is 36.4 Å². The lowest BCUT2D eigenvalue weighted by Crippen LogP contribution is -2.60. The summed E-state index contributed by atoms with van der Waals surface area (Å²) in [5, 5.41) is 11.9. The molecule has 2 aromatic carbocycles. The van der Waals surface area contributed by atoms with Crippen LogP contribution in [-0.2, 0) is 36.3 Å². The molecule has 0 saturated carbocycles. The van der Waals surface area contributed by atoms with Gasteiger partial charge in [-0.05, 0) is 56.2 Å². The Morgan fingerprint density at radius 3 is 1.79 bits per heavy atom. The van der Waals surface area contributed by atoms with Crippen molar-refractivity contribution < 1.29 is 28.5 Å². The maximum Gasteiger partial charge on any atom is 0.409 e. The average Bonchev–Trinajstić information content (AvgIpc) is 3.98. The molecule has 4 aromatic heterocycles. The molecule has 10 rings (SSSR count). The summed E-state index contributed by atoms with van der Waals surface area (Å²) in [4.78, 5) is 37.0. The van der Waals surface area contributed by atoms with E-state index >= 15 is 0 Å². The number of nitrogens with zero attached hydrogens (tertiary/aromatic N) is 8. The van der Waals surface area contributed by atoms with Gasteiger partial charge in [0, 0.05) is 103 Å². The number of para-hydroxylation sites is 2. The number of rotatable bonds is 8. The van der Waals surface area contributed by atoms with Crippen molar-refractivity contribution >= 4 is 34.0 Å². The second kappa shape index (κ2) is 14.9. The molecule has 1 atom stereocenters. The fourth-order valence-corrected chi connectivity index (χ4v) is 8.89. The number of carbonyl (C=O) groups is 2. The lowest BCUT2D eigenvalue weighted by molar-refractivity contribution is 0.0243. The zero-order chi connectivity index (χ0) is 39.1. The van der Waals surface area contributed by atoms with E-state index in [0.717, 1.165) is 63.7 Å². The molecular formula is C43H46N8O6. The number of fused-ring (bicyclic) bond motifs is 6. The smallest absolute Gasteiger partial charge is 0.409 e. The first kappa shape index (κ1) is 36.8. The zero-order valence-corrected chi connectivity index (χ0v) is 32.5. The van der Waals surface area contributed by atoms with Gasteiger partial charge in [0.25, 0.3) is 0 Å². The quantitative estimate of drug-likeness (QED) is 0.164. The summed E-state index contributed by atoms with van der Waals surface area (Å²) in [5.41, 5.74) is 8.24. The second-order valence-corrected chi connectivity index (χ2v) is 15.6. The Kier molecular flexibility index (Phi) is 9.61. The molecule has 14 nitrogen and oxygen atoms in total. The maximum atomic E-state index is 12.2. The van der Waals surface area contributed by atoms with Crippen LogP contribution in [0.2, 0.25) is 0 Å². The van der Waals surface area contributed by atoms with Gasteiger partial charge < -0.3 is 28.7 Å². The highest BCUT2D eigenvalue weighted by Gasteiger charge is 2.54. The fourth-order valence-electron chi connectivity index (χ4n) is 8.89. The standard InChI is InChI=1S/C22H24N4O3.C21H22N4O3/c1-15-11-22(13-25(14-22)21(27)29-8-7-28-2)20-10-19(24-26(15)20)17-9-16-5-3-4-6-18(16)23-12-17;1-27-8-9-28-20(26)24-13-21(14-24)6-7-25-19(21)11-18(23-25)16-10-15-4-2-3-5-17(15)22-12-16/h3-6,9-10,12,15H,7-8,11,13-14H2,1-2H3;2-5,10-12H,6-9,13-14H2,1H3. The van der Waals surface area contributed by atoms with Crippen molar-refractivity contribution in [2.24, 2.45) is 0 Å². The number of hydrogen-bond acceptors (Lipinski definition) is 10. The predicted octanol–water partition coefficient (Wildman–Crippen LogP) is 6.24. The van der Waals surface area contributed by atoms with Crippen molar-refractivity contribution in [3.05, 3.63) is 96.6 Å². The molecule has 14 heteroatoms. The molecule has 1 unspecified atom stereocenters. The Labute approximate surface area is 330 Å². The average molecular weight is 771 g/mol. The largest absolute Gasteiger partial charge is 0.447 e. The number of hydrogen-bond donors (Lipinski definition) is 0. The zero-order valence-electron chi connectivity index (χ0n) is 32.5. The van der Waals surface area contributed by atoms with Crippen LogP contribution in [0, 0.1) is 0 Å². The number of aryl methyl sites for hydroxylation is 1. The number of ether oxygens (including phenoxy) is 4. The first-order valence-electron chi connectivity index (χ1n) is 19.5. The molecule has 8 heterocycles. The summed E-state index contributed by atoms with van der Waals surface area (Å²) in [7, 11) is 3.19. The van der Waals surface area contributed by atoms with E-state index in [0.29, 0.717) is 45.4 Å². The molecule has 294 valence electrons. The molecule has 2 saturated heterocycles. The second-order valence-electron chi connectivity index (χ2n) is 15.6. The summed E-state index contributed by atoms with van der Waals surface area (Å²) in [6.07, 6.45) is 5.24. The summed E-state index contributed by atoms with van der Waals surface area (Å²) >= 11 is 0. The molecule has 0 aliphatic carbocycles. The highest BCUT2D eigenvalue weighted by molar-refractivity contribution is 5.84. The molecule has 4 aliphatic heterocycles. The van der Waals surface area contributed by atoms with Crippen LogP contribution < -0.4 is 0 Å². The SMILES string of the molecule is COCCOC(=O)N1CC2(CC(C)n3nc(-c4cnc5ccccc5c4)cc32)C1.COCCOC(=O)N1CC2(CCn3nc(-c4cnc5ccccc5c4)cc32)C1. The van der Waals surface area contributed by atoms with Gasteiger partial charge in [-0.15, -0.1) is 0 Å². The summed E-state index contributed by atoms with van der Waals surface area (Å²) < 4.78 is 24.5. The van der Waals surface area contributed by atoms with E-state index in [9.17, 15) is 9.59 Å². The summed E-state index contributed by atoms with van der Waals surface area (Å²) in [6, 6.07) is 25.1. The summed E-state index contributed by atoms with van der Waals surface area (Å²) in [6.45, 7) is 7.17. The van der Waals surface area contributed by atoms with Gasteiger partial charge in [0.2, 0.25) is 0 Å². The third-order valence-corrected chi connectivity index (χ3v) is 11.8. The Hall–Kier alpha value is -5.86. The molecule has 2 amide bonds. The highest BCUT2D eigenvalue weighted by Crippen LogP contribution is 2.48. The Balaban J connectivity index is 0.000000148. The van der Waals surface area contributed by atoms with Gasteiger partial charge in [0.05, 0.1) is 41.7 Å². The van der Waals surface area contributed by atoms with Crippen LogP contribution in [-0.4, -0.2) is 118 Å². The molecule has 0 N–H and O–H groups in total. The number of aromatic nitrogens is 6. The predicted molar refractivity (Wildman–Crippen MR) is 213 cm³/mol. The third-order valence-electron chi connectivity index (χ3n) is 11.8. The third kappa shape index (κ3) is 6.76. The van der Waals surface area contributed by atoms with Crippen molar-refractivity contribution in [3.63, 3.8) is 0 Å². The normalized spacial score (nSPS) is 18.2. The van der Waals surface area contributed by atoms with Crippen LogP contribution in [0.4, 0.5) is 9.59 Å². The molecule has 2 spiro atoms. The molecule has 0 radical (unpaired) electrons. The number of likely N-dealkylation sites (tertiary alicyclic amines) is 2. The van der Waals surface area contributed by atoms with Gasteiger partial charge in [-0.3, -0.25) is 19.3 Å². The molecule has 0 bridgehead atoms. The van der Waals surface area contributed by atoms with Crippen molar-refractivity contribution in [1.29, 1.82) is 0 Å². The van der Waals surface area contributed by atoms with E-state index in [1.165, 1.54) is 11.4 Å². The van der Waals surface area contributed by atoms with Gasteiger partial charge in [0.15, 0.2) is 0 Å². The first-order chi connectivity index (χ1) is 27.8. The van der Waals surface area contributed by atoms with E-state index in [1.54, 1.807) is 24.0 Å². The minimum atomic E-state index is -0.266. The maximum absolute atomic E-state index is 12.2. The van der Waals surface area contributed by atoms with E-state index in [1.807, 2.05) is 48.8 Å². The van der Waals surface area contributed by atoms with Crippen LogP contribution in [0.3, 0.4) is 0 Å². The molecule has 57 heavy (non-hydrogen) atoms. The number of methoxy groups -OCH3 is 2. The van der Waals surface area contributed by atoms with Crippen LogP contribution >= 0.6 is 0 Å². The highest BCUT2D eigenvalue weighted by atomic mass is 16.6. The minimum absolute atomic E-state index is 0.00416. The van der Waals surface area contributed by atoms with Gasteiger partial charge >= 0.3 is 12.2 Å². The Morgan fingerprint density at radius 2 is 1.21 bits per heavy atom. The molecular weight excluding hydrogens is 725 g/mol. The van der Waals surface area contributed by atoms with Gasteiger partial charge in [-0.25, -0.2) is 9.59 Å². The molecule has 4 aliphatic rings. The lowest BCUT2D eigenvalue weighted by atomic mass is 9.75. The van der Waals surface area contributed by atoms with Crippen molar-refractivity contribution in [2.75, 3.05) is 66.8 Å². The monoisotopic (exact) mass is 770 g/mol. The first-order valence-corrected chi connectivity index (χ1v) is 19.5. The van der Waals surface area contributed by atoms with Crippen LogP contribution in [0.1, 0.15) is 37.2 Å². The Bertz CT molecular complexity index is 2450. The fraction of sp³-hybridized carbons (Fsp3) is 0.395. The molecule has 2 fully saturated rings. The topological polar surface area (TPSA) is 139 Å². The van der Waals surface area contributed by atoms with Gasteiger partial charge in [0.1, 0.15) is 13.2 Å². The lowest BCUT2D eigenvalue weighted by Gasteiger charge is -2.46. The number of amides is 2.